The van der Waals surface area contributed by atoms with E-state index in [4.69, 9.17) is 5.73 Å². The zero-order chi connectivity index (χ0) is 14.5. The maximum Gasteiger partial charge on any atom is 0.222 e. The second kappa shape index (κ2) is 6.06. The van der Waals surface area contributed by atoms with Gasteiger partial charge in [0.25, 0.3) is 0 Å². The van der Waals surface area contributed by atoms with Crippen molar-refractivity contribution < 1.29 is 9.90 Å². The van der Waals surface area contributed by atoms with E-state index in [2.05, 4.69) is 10.3 Å². The maximum atomic E-state index is 11.0. The number of phenols is 1. The van der Waals surface area contributed by atoms with E-state index in [0.717, 1.165) is 24.1 Å². The fourth-order valence-electron chi connectivity index (χ4n) is 1.89. The molecule has 5 heteroatoms. The van der Waals surface area contributed by atoms with E-state index in [1.807, 2.05) is 18.2 Å². The van der Waals surface area contributed by atoms with Crippen molar-refractivity contribution >= 4 is 17.4 Å². The Morgan fingerprint density at radius 2 is 2.10 bits per heavy atom. The van der Waals surface area contributed by atoms with Gasteiger partial charge < -0.3 is 16.2 Å². The third-order valence-electron chi connectivity index (χ3n) is 2.88. The van der Waals surface area contributed by atoms with Crippen molar-refractivity contribution in [3.8, 4) is 5.75 Å². The average Bonchev–Trinajstić information content (AvgIpc) is 2.40. The van der Waals surface area contributed by atoms with Gasteiger partial charge in [-0.15, -0.1) is 0 Å². The van der Waals surface area contributed by atoms with E-state index in [1.54, 1.807) is 18.2 Å². The molecule has 4 N–H and O–H groups in total. The number of amides is 1. The van der Waals surface area contributed by atoms with E-state index >= 15 is 0 Å². The highest BCUT2D eigenvalue weighted by atomic mass is 16.3. The summed E-state index contributed by atoms with van der Waals surface area (Å²) in [6.45, 7) is 1.45. The van der Waals surface area contributed by atoms with Gasteiger partial charge in [0.1, 0.15) is 11.6 Å². The molecular formula is C15H17N3O2. The zero-order valence-corrected chi connectivity index (χ0v) is 11.3. The van der Waals surface area contributed by atoms with Crippen LogP contribution in [0.3, 0.4) is 0 Å². The standard InChI is InChI=1S/C15H17N3O2/c1-10(19)17-15-4-2-3-12(18-15)7-5-11-6-8-13(16)14(20)9-11/h2-4,6,8-9,20H,5,7,16H2,1H3,(H,17,18,19). The normalized spacial score (nSPS) is 10.2. The predicted octanol–water partition coefficient (Wildman–Crippen LogP) is 2.11. The fraction of sp³-hybridized carbons (Fsp3) is 0.200. The number of pyridine rings is 1. The van der Waals surface area contributed by atoms with E-state index in [0.29, 0.717) is 11.5 Å². The van der Waals surface area contributed by atoms with Gasteiger partial charge in [-0.25, -0.2) is 4.98 Å². The van der Waals surface area contributed by atoms with Crippen LogP contribution in [0.25, 0.3) is 0 Å². The molecule has 0 unspecified atom stereocenters. The molecule has 5 nitrogen and oxygen atoms in total. The number of nitrogens with two attached hydrogens (primary N) is 1. The van der Waals surface area contributed by atoms with Crippen LogP contribution < -0.4 is 11.1 Å². The smallest absolute Gasteiger partial charge is 0.222 e. The van der Waals surface area contributed by atoms with E-state index < -0.39 is 0 Å². The number of nitrogens with one attached hydrogen (secondary N) is 1. The van der Waals surface area contributed by atoms with Crippen molar-refractivity contribution in [2.45, 2.75) is 19.8 Å². The molecule has 0 aliphatic carbocycles. The molecule has 2 rings (SSSR count). The number of nitrogen functional groups attached to an aromatic ring is 1. The zero-order valence-electron chi connectivity index (χ0n) is 11.3. The van der Waals surface area contributed by atoms with Crippen LogP contribution in [0.2, 0.25) is 0 Å². The van der Waals surface area contributed by atoms with Crippen molar-refractivity contribution in [2.75, 3.05) is 11.1 Å². The highest BCUT2D eigenvalue weighted by Gasteiger charge is 2.03. The van der Waals surface area contributed by atoms with Crippen LogP contribution in [0.15, 0.2) is 36.4 Å². The monoisotopic (exact) mass is 271 g/mol. The lowest BCUT2D eigenvalue weighted by molar-refractivity contribution is -0.114. The van der Waals surface area contributed by atoms with Crippen LogP contribution in [0.1, 0.15) is 18.2 Å². The van der Waals surface area contributed by atoms with E-state index in [1.165, 1.54) is 6.92 Å². The second-order valence-electron chi connectivity index (χ2n) is 4.59. The Hall–Kier alpha value is -2.56. The van der Waals surface area contributed by atoms with Crippen LogP contribution in [0.5, 0.6) is 5.75 Å². The summed E-state index contributed by atoms with van der Waals surface area (Å²) in [5.41, 5.74) is 7.81. The van der Waals surface area contributed by atoms with Crippen LogP contribution >= 0.6 is 0 Å². The van der Waals surface area contributed by atoms with Crippen molar-refractivity contribution in [3.05, 3.63) is 47.7 Å². The Bertz CT molecular complexity index is 626. The predicted molar refractivity (Wildman–Crippen MR) is 78.5 cm³/mol. The molecule has 0 fully saturated rings. The largest absolute Gasteiger partial charge is 0.506 e. The molecule has 2 aromatic rings. The van der Waals surface area contributed by atoms with Gasteiger partial charge >= 0.3 is 0 Å². The summed E-state index contributed by atoms with van der Waals surface area (Å²) in [7, 11) is 0. The SMILES string of the molecule is CC(=O)Nc1cccc(CCc2ccc(N)c(O)c2)n1. The summed E-state index contributed by atoms with van der Waals surface area (Å²) in [4.78, 5) is 15.3. The number of hydrogen-bond acceptors (Lipinski definition) is 4. The number of aromatic nitrogens is 1. The number of aryl methyl sites for hydroxylation is 2. The van der Waals surface area contributed by atoms with Gasteiger partial charge in [0.2, 0.25) is 5.91 Å². The third-order valence-corrected chi connectivity index (χ3v) is 2.88. The summed E-state index contributed by atoms with van der Waals surface area (Å²) < 4.78 is 0. The van der Waals surface area contributed by atoms with Crippen molar-refractivity contribution in [3.63, 3.8) is 0 Å². The number of hydrogen-bond donors (Lipinski definition) is 3. The number of aromatic hydroxyl groups is 1. The molecule has 0 aliphatic rings. The Morgan fingerprint density at radius 1 is 1.30 bits per heavy atom. The lowest BCUT2D eigenvalue weighted by Gasteiger charge is -2.06. The molecule has 1 aromatic carbocycles. The van der Waals surface area contributed by atoms with Crippen molar-refractivity contribution in [1.29, 1.82) is 0 Å². The quantitative estimate of drug-likeness (QED) is 0.587. The Labute approximate surface area is 117 Å². The number of nitrogens with zero attached hydrogens (tertiary/aromatic N) is 1. The molecule has 104 valence electrons. The summed E-state index contributed by atoms with van der Waals surface area (Å²) in [5.74, 6) is 0.510. The van der Waals surface area contributed by atoms with Gasteiger partial charge in [-0.05, 0) is 42.7 Å². The second-order valence-corrected chi connectivity index (χ2v) is 4.59. The van der Waals surface area contributed by atoms with Gasteiger partial charge in [0.05, 0.1) is 5.69 Å². The topological polar surface area (TPSA) is 88.2 Å². The number of rotatable bonds is 4. The first kappa shape index (κ1) is 13.9. The molecule has 1 aromatic heterocycles. The van der Waals surface area contributed by atoms with Gasteiger partial charge in [0.15, 0.2) is 0 Å². The van der Waals surface area contributed by atoms with Crippen molar-refractivity contribution in [1.82, 2.24) is 4.98 Å². The molecule has 0 radical (unpaired) electrons. The fourth-order valence-corrected chi connectivity index (χ4v) is 1.89. The highest BCUT2D eigenvalue weighted by Crippen LogP contribution is 2.21. The number of phenolic OH excluding ortho intramolecular Hbond substituents is 1. The van der Waals surface area contributed by atoms with Gasteiger partial charge in [-0.2, -0.15) is 0 Å². The Morgan fingerprint density at radius 3 is 2.80 bits per heavy atom. The summed E-state index contributed by atoms with van der Waals surface area (Å²) in [6.07, 6.45) is 1.46. The minimum absolute atomic E-state index is 0.0995. The first-order valence-electron chi connectivity index (χ1n) is 6.35. The number of carbonyl (C=O) groups excluding carboxylic acids is 1. The highest BCUT2D eigenvalue weighted by molar-refractivity contribution is 5.87. The Kier molecular flexibility index (Phi) is 4.20. The summed E-state index contributed by atoms with van der Waals surface area (Å²) in [5, 5.41) is 12.2. The molecule has 0 spiro atoms. The first-order chi connectivity index (χ1) is 9.54. The van der Waals surface area contributed by atoms with Crippen LogP contribution in [0, 0.1) is 0 Å². The number of benzene rings is 1. The molecule has 0 atom stereocenters. The summed E-state index contributed by atoms with van der Waals surface area (Å²) >= 11 is 0. The number of anilines is 2. The van der Waals surface area contributed by atoms with Crippen LogP contribution in [0.4, 0.5) is 11.5 Å². The molecule has 0 bridgehead atoms. The molecule has 1 amide bonds. The Balaban J connectivity index is 2.03. The lowest BCUT2D eigenvalue weighted by Crippen LogP contribution is -2.08. The van der Waals surface area contributed by atoms with Crippen LogP contribution in [-0.2, 0) is 17.6 Å². The van der Waals surface area contributed by atoms with E-state index in [-0.39, 0.29) is 11.7 Å². The number of carbonyl (C=O) groups is 1. The molecule has 0 saturated heterocycles. The molecule has 0 saturated carbocycles. The van der Waals surface area contributed by atoms with Gasteiger partial charge in [-0.3, -0.25) is 4.79 Å². The summed E-state index contributed by atoms with van der Waals surface area (Å²) in [6, 6.07) is 10.7. The minimum Gasteiger partial charge on any atom is -0.506 e. The minimum atomic E-state index is -0.141. The molecular weight excluding hydrogens is 254 g/mol. The molecule has 0 aliphatic heterocycles. The van der Waals surface area contributed by atoms with Gasteiger partial charge in [-0.1, -0.05) is 12.1 Å². The lowest BCUT2D eigenvalue weighted by atomic mass is 10.1. The third kappa shape index (κ3) is 3.71. The average molecular weight is 271 g/mol. The van der Waals surface area contributed by atoms with E-state index in [9.17, 15) is 9.90 Å². The molecule has 20 heavy (non-hydrogen) atoms. The molecule has 1 heterocycles. The van der Waals surface area contributed by atoms with Crippen LogP contribution in [-0.4, -0.2) is 16.0 Å². The maximum absolute atomic E-state index is 11.0. The van der Waals surface area contributed by atoms with Crippen molar-refractivity contribution in [2.24, 2.45) is 0 Å². The van der Waals surface area contributed by atoms with Gasteiger partial charge in [0, 0.05) is 12.6 Å². The first-order valence-corrected chi connectivity index (χ1v) is 6.35.